The van der Waals surface area contributed by atoms with Crippen LogP contribution in [0.4, 0.5) is 11.4 Å². The Labute approximate surface area is 166 Å². The van der Waals surface area contributed by atoms with E-state index >= 15 is 0 Å². The van der Waals surface area contributed by atoms with Crippen LogP contribution < -0.4 is 14.5 Å². The Morgan fingerprint density at radius 1 is 0.893 bits per heavy atom. The summed E-state index contributed by atoms with van der Waals surface area (Å²) in [6.45, 7) is 11.6. The summed E-state index contributed by atoms with van der Waals surface area (Å²) >= 11 is 0. The van der Waals surface area contributed by atoms with Gasteiger partial charge in [0.05, 0.1) is 11.1 Å². The van der Waals surface area contributed by atoms with E-state index in [1.807, 2.05) is 39.8 Å². The Bertz CT molecular complexity index is 827. The summed E-state index contributed by atoms with van der Waals surface area (Å²) in [7, 11) is 0. The number of aromatic hydroxyl groups is 1. The summed E-state index contributed by atoms with van der Waals surface area (Å²) in [5.41, 5.74) is 2.11. The third-order valence-corrected chi connectivity index (χ3v) is 4.87. The molecule has 0 spiro atoms. The molecule has 2 rings (SSSR count). The first-order valence-corrected chi connectivity index (χ1v) is 9.62. The number of benzene rings is 2. The lowest BCUT2D eigenvalue weighted by Crippen LogP contribution is -2.22. The van der Waals surface area contributed by atoms with Crippen molar-refractivity contribution in [3.05, 3.63) is 47.5 Å². The molecule has 0 radical (unpaired) electrons. The smallest absolute Gasteiger partial charge is 0.298 e. The van der Waals surface area contributed by atoms with Gasteiger partial charge in [0.1, 0.15) is 11.5 Å². The van der Waals surface area contributed by atoms with E-state index in [2.05, 4.69) is 9.80 Å². The highest BCUT2D eigenvalue weighted by atomic mass is 16.5. The maximum absolute atomic E-state index is 13.0. The molecule has 0 saturated heterocycles. The molecule has 6 heteroatoms. The van der Waals surface area contributed by atoms with Crippen LogP contribution >= 0.6 is 0 Å². The van der Waals surface area contributed by atoms with Gasteiger partial charge in [0.2, 0.25) is 0 Å². The molecule has 0 heterocycles. The van der Waals surface area contributed by atoms with E-state index in [1.165, 1.54) is 0 Å². The van der Waals surface area contributed by atoms with E-state index in [9.17, 15) is 14.7 Å². The lowest BCUT2D eigenvalue weighted by atomic mass is 10.00. The van der Waals surface area contributed by atoms with Gasteiger partial charge < -0.3 is 19.6 Å². The molecule has 0 aliphatic rings. The summed E-state index contributed by atoms with van der Waals surface area (Å²) < 4.78 is 5.08. The van der Waals surface area contributed by atoms with Gasteiger partial charge in [-0.2, -0.15) is 0 Å². The maximum atomic E-state index is 13.0. The number of phenolic OH excluding ortho intramolecular Hbond substituents is 1. The minimum absolute atomic E-state index is 0.0979. The van der Waals surface area contributed by atoms with Crippen molar-refractivity contribution in [1.82, 2.24) is 0 Å². The fourth-order valence-corrected chi connectivity index (χ4v) is 3.28. The second kappa shape index (κ2) is 9.78. The van der Waals surface area contributed by atoms with Crippen LogP contribution in [0.3, 0.4) is 0 Å². The van der Waals surface area contributed by atoms with E-state index in [0.717, 1.165) is 37.6 Å². The SMILES string of the molecule is CCN(CC)c1ccc(C(=O)c2ccc(N(CC)CC)cc2OC=O)c(O)c1. The largest absolute Gasteiger partial charge is 0.507 e. The number of carbonyl (C=O) groups excluding carboxylic acids is 2. The highest BCUT2D eigenvalue weighted by molar-refractivity contribution is 6.12. The first-order chi connectivity index (χ1) is 13.5. The van der Waals surface area contributed by atoms with Crippen LogP contribution in [0.1, 0.15) is 43.6 Å². The zero-order chi connectivity index (χ0) is 20.7. The van der Waals surface area contributed by atoms with E-state index in [1.54, 1.807) is 24.3 Å². The van der Waals surface area contributed by atoms with Gasteiger partial charge in [-0.1, -0.05) is 0 Å². The molecule has 150 valence electrons. The summed E-state index contributed by atoms with van der Waals surface area (Å²) in [5.74, 6) is -0.317. The van der Waals surface area contributed by atoms with Crippen molar-refractivity contribution in [2.24, 2.45) is 0 Å². The highest BCUT2D eigenvalue weighted by Gasteiger charge is 2.20. The number of phenols is 1. The van der Waals surface area contributed by atoms with Crippen molar-refractivity contribution in [1.29, 1.82) is 0 Å². The first kappa shape index (κ1) is 21.3. The topological polar surface area (TPSA) is 70.1 Å². The highest BCUT2D eigenvalue weighted by Crippen LogP contribution is 2.31. The zero-order valence-corrected chi connectivity index (χ0v) is 16.9. The normalized spacial score (nSPS) is 10.4. The second-order valence-corrected chi connectivity index (χ2v) is 6.27. The number of nitrogens with zero attached hydrogens (tertiary/aromatic N) is 2. The Hall–Kier alpha value is -3.02. The number of ketones is 1. The van der Waals surface area contributed by atoms with E-state index < -0.39 is 5.78 Å². The number of ether oxygens (including phenoxy) is 1. The molecule has 0 fully saturated rings. The summed E-state index contributed by atoms with van der Waals surface area (Å²) in [6, 6.07) is 10.1. The quantitative estimate of drug-likeness (QED) is 0.496. The minimum atomic E-state index is -0.397. The summed E-state index contributed by atoms with van der Waals surface area (Å²) in [6.07, 6.45) is 0. The van der Waals surface area contributed by atoms with Crippen molar-refractivity contribution >= 4 is 23.6 Å². The number of anilines is 2. The number of rotatable bonds is 10. The van der Waals surface area contributed by atoms with Crippen molar-refractivity contribution in [3.63, 3.8) is 0 Å². The van der Waals surface area contributed by atoms with Crippen molar-refractivity contribution in [2.45, 2.75) is 27.7 Å². The molecule has 0 aliphatic carbocycles. The van der Waals surface area contributed by atoms with Crippen LogP contribution in [0, 0.1) is 0 Å². The van der Waals surface area contributed by atoms with Crippen LogP contribution in [-0.4, -0.2) is 43.5 Å². The van der Waals surface area contributed by atoms with Gasteiger partial charge >= 0.3 is 0 Å². The van der Waals surface area contributed by atoms with Gasteiger partial charge in [-0.05, 0) is 52.0 Å². The Kier molecular flexibility index (Phi) is 7.44. The molecule has 2 aromatic rings. The zero-order valence-electron chi connectivity index (χ0n) is 16.9. The molecular weight excluding hydrogens is 356 g/mol. The molecule has 0 aromatic heterocycles. The average molecular weight is 384 g/mol. The fraction of sp³-hybridized carbons (Fsp3) is 0.364. The van der Waals surface area contributed by atoms with Crippen LogP contribution in [0.25, 0.3) is 0 Å². The summed E-state index contributed by atoms with van der Waals surface area (Å²) in [4.78, 5) is 28.1. The number of carbonyl (C=O) groups is 2. The van der Waals surface area contributed by atoms with Gasteiger partial charge in [-0.15, -0.1) is 0 Å². The van der Waals surface area contributed by atoms with Gasteiger partial charge in [-0.3, -0.25) is 9.59 Å². The van der Waals surface area contributed by atoms with E-state index in [-0.39, 0.29) is 22.6 Å². The molecule has 0 aliphatic heterocycles. The molecule has 0 saturated carbocycles. The van der Waals surface area contributed by atoms with Crippen molar-refractivity contribution < 1.29 is 19.4 Å². The number of hydrogen-bond donors (Lipinski definition) is 1. The molecule has 0 amide bonds. The number of hydrogen-bond acceptors (Lipinski definition) is 6. The van der Waals surface area contributed by atoms with Gasteiger partial charge in [0.15, 0.2) is 5.78 Å². The molecule has 0 atom stereocenters. The lowest BCUT2D eigenvalue weighted by Gasteiger charge is -2.22. The van der Waals surface area contributed by atoms with Crippen LogP contribution in [-0.2, 0) is 4.79 Å². The molecular formula is C22H28N2O4. The fourth-order valence-electron chi connectivity index (χ4n) is 3.28. The monoisotopic (exact) mass is 384 g/mol. The Balaban J connectivity index is 2.44. The van der Waals surface area contributed by atoms with Crippen LogP contribution in [0.15, 0.2) is 36.4 Å². The predicted molar refractivity (Wildman–Crippen MR) is 112 cm³/mol. The third kappa shape index (κ3) is 4.44. The van der Waals surface area contributed by atoms with E-state index in [0.29, 0.717) is 6.47 Å². The molecule has 6 nitrogen and oxygen atoms in total. The standard InChI is InChI=1S/C22H28N2O4/c1-5-23(6-2)16-9-11-18(20(26)13-16)22(27)19-12-10-17(24(7-3)8-4)14-21(19)28-15-25/h9-15,26H,5-8H2,1-4H3. The maximum Gasteiger partial charge on any atom is 0.298 e. The predicted octanol–water partition coefficient (Wildman–Crippen LogP) is 3.85. The third-order valence-electron chi connectivity index (χ3n) is 4.87. The molecule has 0 unspecified atom stereocenters. The average Bonchev–Trinajstić information content (AvgIpc) is 2.70. The lowest BCUT2D eigenvalue weighted by molar-refractivity contribution is -0.120. The molecule has 2 aromatic carbocycles. The minimum Gasteiger partial charge on any atom is -0.507 e. The first-order valence-electron chi connectivity index (χ1n) is 9.62. The Morgan fingerprint density at radius 2 is 1.39 bits per heavy atom. The second-order valence-electron chi connectivity index (χ2n) is 6.27. The van der Waals surface area contributed by atoms with Gasteiger partial charge in [0, 0.05) is 49.7 Å². The van der Waals surface area contributed by atoms with Gasteiger partial charge in [-0.25, -0.2) is 0 Å². The Morgan fingerprint density at radius 3 is 1.86 bits per heavy atom. The van der Waals surface area contributed by atoms with Gasteiger partial charge in [0.25, 0.3) is 6.47 Å². The molecule has 0 bridgehead atoms. The summed E-state index contributed by atoms with van der Waals surface area (Å²) in [5, 5.41) is 10.4. The van der Waals surface area contributed by atoms with Crippen LogP contribution in [0.5, 0.6) is 11.5 Å². The van der Waals surface area contributed by atoms with Crippen molar-refractivity contribution in [3.8, 4) is 11.5 Å². The van der Waals surface area contributed by atoms with Crippen LogP contribution in [0.2, 0.25) is 0 Å². The van der Waals surface area contributed by atoms with Crippen molar-refractivity contribution in [2.75, 3.05) is 36.0 Å². The molecule has 1 N–H and O–H groups in total. The molecule has 28 heavy (non-hydrogen) atoms. The van der Waals surface area contributed by atoms with E-state index in [4.69, 9.17) is 4.74 Å².